The van der Waals surface area contributed by atoms with Gasteiger partial charge in [0.2, 0.25) is 0 Å². The number of hydrogen-bond acceptors (Lipinski definition) is 4. The van der Waals surface area contributed by atoms with Gasteiger partial charge in [0, 0.05) is 12.1 Å². The van der Waals surface area contributed by atoms with Gasteiger partial charge in [-0.15, -0.1) is 0 Å². The molecule has 0 aliphatic heterocycles. The van der Waals surface area contributed by atoms with Crippen molar-refractivity contribution < 1.29 is 18.7 Å². The highest BCUT2D eigenvalue weighted by Crippen LogP contribution is 2.19. The average molecular weight is 378 g/mol. The van der Waals surface area contributed by atoms with Crippen molar-refractivity contribution in [3.63, 3.8) is 0 Å². The van der Waals surface area contributed by atoms with Gasteiger partial charge in [-0.05, 0) is 48.9 Å². The molecular weight excluding hydrogens is 356 g/mol. The molecular formula is C22H22N2O4. The van der Waals surface area contributed by atoms with Crippen LogP contribution in [0.1, 0.15) is 37.6 Å². The van der Waals surface area contributed by atoms with Crippen LogP contribution in [0.3, 0.4) is 0 Å². The fourth-order valence-corrected chi connectivity index (χ4v) is 2.78. The Hall–Kier alpha value is -3.54. The zero-order valence-electron chi connectivity index (χ0n) is 15.8. The molecule has 0 fully saturated rings. The van der Waals surface area contributed by atoms with Crippen molar-refractivity contribution in [3.05, 3.63) is 88.9 Å². The second-order valence-electron chi connectivity index (χ2n) is 6.35. The lowest BCUT2D eigenvalue weighted by atomic mass is 10.1. The number of methoxy groups -OCH3 is 1. The number of benzene rings is 2. The van der Waals surface area contributed by atoms with Crippen LogP contribution in [0.2, 0.25) is 0 Å². The lowest BCUT2D eigenvalue weighted by Gasteiger charge is -2.11. The van der Waals surface area contributed by atoms with Crippen LogP contribution in [0, 0.1) is 6.92 Å². The van der Waals surface area contributed by atoms with E-state index in [1.165, 1.54) is 7.11 Å². The molecule has 0 aliphatic carbocycles. The molecule has 2 aromatic carbocycles. The third-order valence-corrected chi connectivity index (χ3v) is 4.25. The van der Waals surface area contributed by atoms with E-state index in [1.54, 1.807) is 48.7 Å². The Bertz CT molecular complexity index is 964. The van der Waals surface area contributed by atoms with E-state index in [0.717, 1.165) is 11.1 Å². The number of carbonyl (C=O) groups excluding carboxylic acids is 2. The highest BCUT2D eigenvalue weighted by atomic mass is 16.5. The van der Waals surface area contributed by atoms with E-state index in [2.05, 4.69) is 10.6 Å². The summed E-state index contributed by atoms with van der Waals surface area (Å²) in [6.07, 6.45) is 1.56. The lowest BCUT2D eigenvalue weighted by Crippen LogP contribution is -2.25. The Labute approximate surface area is 163 Å². The number of rotatable bonds is 7. The maximum absolute atomic E-state index is 12.5. The molecule has 28 heavy (non-hydrogen) atoms. The predicted octanol–water partition coefficient (Wildman–Crippen LogP) is 3.46. The fourth-order valence-electron chi connectivity index (χ4n) is 2.78. The van der Waals surface area contributed by atoms with E-state index in [0.29, 0.717) is 35.7 Å². The van der Waals surface area contributed by atoms with Crippen LogP contribution in [0.25, 0.3) is 0 Å². The van der Waals surface area contributed by atoms with Gasteiger partial charge in [0.05, 0.1) is 25.5 Å². The first-order valence-electron chi connectivity index (χ1n) is 8.89. The van der Waals surface area contributed by atoms with Crippen LogP contribution in [0.15, 0.2) is 65.3 Å². The fraction of sp³-hybridized carbons (Fsp3) is 0.182. The maximum atomic E-state index is 12.5. The van der Waals surface area contributed by atoms with Gasteiger partial charge in [-0.2, -0.15) is 0 Å². The summed E-state index contributed by atoms with van der Waals surface area (Å²) in [6, 6.07) is 16.1. The second kappa shape index (κ2) is 8.90. The zero-order valence-corrected chi connectivity index (χ0v) is 15.8. The quantitative estimate of drug-likeness (QED) is 0.660. The van der Waals surface area contributed by atoms with Crippen LogP contribution in [0.5, 0.6) is 5.75 Å². The number of amides is 2. The molecule has 0 bridgehead atoms. The van der Waals surface area contributed by atoms with Gasteiger partial charge in [0.1, 0.15) is 11.5 Å². The molecule has 0 spiro atoms. The van der Waals surface area contributed by atoms with Gasteiger partial charge < -0.3 is 19.8 Å². The minimum atomic E-state index is -0.228. The molecule has 0 aliphatic rings. The smallest absolute Gasteiger partial charge is 0.255 e. The van der Waals surface area contributed by atoms with Crippen LogP contribution in [0.4, 0.5) is 0 Å². The molecule has 2 amide bonds. The van der Waals surface area contributed by atoms with Gasteiger partial charge in [-0.25, -0.2) is 0 Å². The van der Waals surface area contributed by atoms with Crippen molar-refractivity contribution in [2.24, 2.45) is 0 Å². The molecule has 6 heteroatoms. The minimum absolute atomic E-state index is 0.204. The summed E-state index contributed by atoms with van der Waals surface area (Å²) in [4.78, 5) is 24.8. The van der Waals surface area contributed by atoms with E-state index in [9.17, 15) is 9.59 Å². The average Bonchev–Trinajstić information content (AvgIpc) is 3.24. The van der Waals surface area contributed by atoms with Crippen molar-refractivity contribution in [1.29, 1.82) is 0 Å². The molecule has 6 nitrogen and oxygen atoms in total. The Morgan fingerprint density at radius 3 is 2.54 bits per heavy atom. The highest BCUT2D eigenvalue weighted by Gasteiger charge is 2.13. The standard InChI is InChI=1S/C22H22N2O4/c1-15-8-9-20(27-2)19(11-15)22(26)23-13-16-5-3-6-17(12-16)21(25)24-14-18-7-4-10-28-18/h3-12H,13-14H2,1-2H3,(H,23,26)(H,24,25). The maximum Gasteiger partial charge on any atom is 0.255 e. The summed E-state index contributed by atoms with van der Waals surface area (Å²) >= 11 is 0. The van der Waals surface area contributed by atoms with Crippen LogP contribution >= 0.6 is 0 Å². The first kappa shape index (κ1) is 19.2. The Morgan fingerprint density at radius 1 is 0.964 bits per heavy atom. The third-order valence-electron chi connectivity index (χ3n) is 4.25. The number of ether oxygens (including phenoxy) is 1. The third kappa shape index (κ3) is 4.79. The first-order chi connectivity index (χ1) is 13.6. The van der Waals surface area contributed by atoms with Gasteiger partial charge in [-0.1, -0.05) is 23.8 Å². The van der Waals surface area contributed by atoms with E-state index in [4.69, 9.17) is 9.15 Å². The minimum Gasteiger partial charge on any atom is -0.496 e. The van der Waals surface area contributed by atoms with Gasteiger partial charge >= 0.3 is 0 Å². The van der Waals surface area contributed by atoms with Gasteiger partial charge in [0.15, 0.2) is 0 Å². The Balaban J connectivity index is 1.62. The van der Waals surface area contributed by atoms with E-state index >= 15 is 0 Å². The number of furan rings is 1. The normalized spacial score (nSPS) is 10.4. The van der Waals surface area contributed by atoms with Crippen LogP contribution in [-0.2, 0) is 13.1 Å². The number of nitrogens with one attached hydrogen (secondary N) is 2. The number of hydrogen-bond donors (Lipinski definition) is 2. The summed E-state index contributed by atoms with van der Waals surface area (Å²) in [5.74, 6) is 0.774. The zero-order chi connectivity index (χ0) is 19.9. The molecule has 3 rings (SSSR count). The van der Waals surface area contributed by atoms with Crippen molar-refractivity contribution in [2.45, 2.75) is 20.0 Å². The highest BCUT2D eigenvalue weighted by molar-refractivity contribution is 5.97. The van der Waals surface area contributed by atoms with E-state index in [1.807, 2.05) is 19.1 Å². The van der Waals surface area contributed by atoms with Crippen LogP contribution < -0.4 is 15.4 Å². The van der Waals surface area contributed by atoms with Crippen molar-refractivity contribution in [3.8, 4) is 5.75 Å². The summed E-state index contributed by atoms with van der Waals surface area (Å²) in [7, 11) is 1.53. The van der Waals surface area contributed by atoms with Crippen molar-refractivity contribution in [2.75, 3.05) is 7.11 Å². The number of aryl methyl sites for hydroxylation is 1. The lowest BCUT2D eigenvalue weighted by molar-refractivity contribution is 0.0942. The molecule has 0 radical (unpaired) electrons. The Kier molecular flexibility index (Phi) is 6.11. The molecule has 3 aromatic rings. The first-order valence-corrected chi connectivity index (χ1v) is 8.89. The largest absolute Gasteiger partial charge is 0.496 e. The van der Waals surface area contributed by atoms with Gasteiger partial charge in [-0.3, -0.25) is 9.59 Å². The molecule has 1 aromatic heterocycles. The van der Waals surface area contributed by atoms with Crippen LogP contribution in [-0.4, -0.2) is 18.9 Å². The second-order valence-corrected chi connectivity index (χ2v) is 6.35. The molecule has 0 saturated heterocycles. The van der Waals surface area contributed by atoms with Crippen molar-refractivity contribution >= 4 is 11.8 Å². The topological polar surface area (TPSA) is 80.6 Å². The molecule has 2 N–H and O–H groups in total. The molecule has 1 heterocycles. The summed E-state index contributed by atoms with van der Waals surface area (Å²) < 4.78 is 10.5. The summed E-state index contributed by atoms with van der Waals surface area (Å²) in [6.45, 7) is 2.54. The molecule has 0 saturated carbocycles. The number of carbonyl (C=O) groups is 2. The SMILES string of the molecule is COc1ccc(C)cc1C(=O)NCc1cccc(C(=O)NCc2ccco2)c1. The van der Waals surface area contributed by atoms with Gasteiger partial charge in [0.25, 0.3) is 11.8 Å². The summed E-state index contributed by atoms with van der Waals surface area (Å²) in [5, 5.41) is 5.68. The molecule has 0 atom stereocenters. The van der Waals surface area contributed by atoms with Crippen molar-refractivity contribution in [1.82, 2.24) is 10.6 Å². The summed E-state index contributed by atoms with van der Waals surface area (Å²) in [5.41, 5.74) is 2.80. The predicted molar refractivity (Wildman–Crippen MR) is 105 cm³/mol. The monoisotopic (exact) mass is 378 g/mol. The van der Waals surface area contributed by atoms with E-state index in [-0.39, 0.29) is 11.8 Å². The Morgan fingerprint density at radius 2 is 1.79 bits per heavy atom. The molecule has 0 unspecified atom stereocenters. The molecule has 144 valence electrons. The van der Waals surface area contributed by atoms with E-state index < -0.39 is 0 Å².